The molecule has 1 fully saturated rings. The molecule has 0 saturated carbocycles. The van der Waals surface area contributed by atoms with Gasteiger partial charge in [0.05, 0.1) is 12.2 Å². The van der Waals surface area contributed by atoms with Gasteiger partial charge in [0.25, 0.3) is 0 Å². The molecule has 0 aromatic heterocycles. The largest absolute Gasteiger partial charge is 0.490 e. The summed E-state index contributed by atoms with van der Waals surface area (Å²) in [6.07, 6.45) is 2.83. The highest BCUT2D eigenvalue weighted by atomic mass is 16.5. The van der Waals surface area contributed by atoms with E-state index in [2.05, 4.69) is 5.32 Å². The summed E-state index contributed by atoms with van der Waals surface area (Å²) < 4.78 is 5.66. The third-order valence-corrected chi connectivity index (χ3v) is 4.21. The second-order valence-corrected chi connectivity index (χ2v) is 5.76. The molecule has 0 spiro atoms. The predicted octanol–water partition coefficient (Wildman–Crippen LogP) is 2.11. The van der Waals surface area contributed by atoms with Crippen LogP contribution in [0.1, 0.15) is 24.8 Å². The third-order valence-electron chi connectivity index (χ3n) is 4.21. The molecule has 0 bridgehead atoms. The van der Waals surface area contributed by atoms with Crippen molar-refractivity contribution in [2.75, 3.05) is 31.1 Å². The van der Waals surface area contributed by atoms with Gasteiger partial charge in [-0.3, -0.25) is 4.79 Å². The molecule has 4 nitrogen and oxygen atoms in total. The zero-order valence-corrected chi connectivity index (χ0v) is 12.0. The summed E-state index contributed by atoms with van der Waals surface area (Å²) in [7, 11) is 0. The standard InChI is InChI=1S/C16H22N2O2/c1-12-2-4-14-15(10-12)20-9-8-18(14)16(19)5-3-13-6-7-17-11-13/h2,4,10,13,17H,3,5-9,11H2,1H3. The Bertz CT molecular complexity index is 495. The number of benzene rings is 1. The lowest BCUT2D eigenvalue weighted by molar-refractivity contribution is -0.119. The number of nitrogens with one attached hydrogen (secondary N) is 1. The lowest BCUT2D eigenvalue weighted by Crippen LogP contribution is -2.38. The van der Waals surface area contributed by atoms with Gasteiger partial charge in [-0.05, 0) is 56.5 Å². The zero-order valence-electron chi connectivity index (χ0n) is 12.0. The van der Waals surface area contributed by atoms with E-state index >= 15 is 0 Å². The van der Waals surface area contributed by atoms with Gasteiger partial charge in [0.15, 0.2) is 0 Å². The maximum Gasteiger partial charge on any atom is 0.227 e. The van der Waals surface area contributed by atoms with Crippen molar-refractivity contribution in [1.82, 2.24) is 5.32 Å². The van der Waals surface area contributed by atoms with Crippen molar-refractivity contribution in [2.24, 2.45) is 5.92 Å². The summed E-state index contributed by atoms with van der Waals surface area (Å²) in [6.45, 7) is 5.45. The first-order valence-corrected chi connectivity index (χ1v) is 7.48. The van der Waals surface area contributed by atoms with Crippen LogP contribution in [0.3, 0.4) is 0 Å². The zero-order chi connectivity index (χ0) is 13.9. The molecule has 1 atom stereocenters. The first-order chi connectivity index (χ1) is 9.74. The van der Waals surface area contributed by atoms with Crippen LogP contribution >= 0.6 is 0 Å². The van der Waals surface area contributed by atoms with E-state index in [0.29, 0.717) is 25.5 Å². The van der Waals surface area contributed by atoms with Gasteiger partial charge in [-0.25, -0.2) is 0 Å². The van der Waals surface area contributed by atoms with Crippen LogP contribution in [0, 0.1) is 12.8 Å². The molecule has 0 radical (unpaired) electrons. The topological polar surface area (TPSA) is 41.6 Å². The van der Waals surface area contributed by atoms with Crippen molar-refractivity contribution in [2.45, 2.75) is 26.2 Å². The fraction of sp³-hybridized carbons (Fsp3) is 0.562. The minimum atomic E-state index is 0.227. The fourth-order valence-electron chi connectivity index (χ4n) is 3.01. The molecule has 108 valence electrons. The van der Waals surface area contributed by atoms with Crippen molar-refractivity contribution >= 4 is 11.6 Å². The van der Waals surface area contributed by atoms with Crippen LogP contribution in [-0.4, -0.2) is 32.1 Å². The summed E-state index contributed by atoms with van der Waals surface area (Å²) in [6, 6.07) is 6.04. The van der Waals surface area contributed by atoms with Crippen LogP contribution in [0.5, 0.6) is 5.75 Å². The molecule has 1 aromatic rings. The molecule has 1 amide bonds. The van der Waals surface area contributed by atoms with Crippen molar-refractivity contribution < 1.29 is 9.53 Å². The Labute approximate surface area is 120 Å². The Kier molecular flexibility index (Phi) is 3.92. The van der Waals surface area contributed by atoms with E-state index in [-0.39, 0.29) is 5.91 Å². The van der Waals surface area contributed by atoms with E-state index in [9.17, 15) is 4.79 Å². The molecule has 4 heteroatoms. The number of hydrogen-bond donors (Lipinski definition) is 1. The van der Waals surface area contributed by atoms with E-state index in [1.165, 1.54) is 6.42 Å². The van der Waals surface area contributed by atoms with Crippen LogP contribution in [0.4, 0.5) is 5.69 Å². The Morgan fingerprint density at radius 3 is 3.20 bits per heavy atom. The lowest BCUT2D eigenvalue weighted by atomic mass is 10.0. The summed E-state index contributed by atoms with van der Waals surface area (Å²) >= 11 is 0. The quantitative estimate of drug-likeness (QED) is 0.918. The molecule has 0 aliphatic carbocycles. The van der Waals surface area contributed by atoms with Gasteiger partial charge >= 0.3 is 0 Å². The Morgan fingerprint density at radius 2 is 2.40 bits per heavy atom. The van der Waals surface area contributed by atoms with Crippen molar-refractivity contribution in [3.8, 4) is 5.75 Å². The molecule has 2 aliphatic rings. The molecular weight excluding hydrogens is 252 g/mol. The number of fused-ring (bicyclic) bond motifs is 1. The third kappa shape index (κ3) is 2.80. The summed E-state index contributed by atoms with van der Waals surface area (Å²) in [5, 5.41) is 3.35. The van der Waals surface area contributed by atoms with Crippen LogP contribution in [0.15, 0.2) is 18.2 Å². The minimum absolute atomic E-state index is 0.227. The summed E-state index contributed by atoms with van der Waals surface area (Å²) in [5.74, 6) is 1.73. The molecule has 2 heterocycles. The van der Waals surface area contributed by atoms with Crippen molar-refractivity contribution in [3.63, 3.8) is 0 Å². The number of anilines is 1. The smallest absolute Gasteiger partial charge is 0.227 e. The summed E-state index contributed by atoms with van der Waals surface area (Å²) in [5.41, 5.74) is 2.09. The van der Waals surface area contributed by atoms with E-state index in [1.807, 2.05) is 30.0 Å². The van der Waals surface area contributed by atoms with E-state index in [1.54, 1.807) is 0 Å². The minimum Gasteiger partial charge on any atom is -0.490 e. The SMILES string of the molecule is Cc1ccc2c(c1)OCCN2C(=O)CCC1CCNC1. The number of rotatable bonds is 3. The first kappa shape index (κ1) is 13.4. The Morgan fingerprint density at radius 1 is 1.50 bits per heavy atom. The maximum absolute atomic E-state index is 12.5. The number of hydrogen-bond acceptors (Lipinski definition) is 3. The van der Waals surface area contributed by atoms with Gasteiger partial charge < -0.3 is 15.0 Å². The van der Waals surface area contributed by atoms with E-state index in [4.69, 9.17) is 4.74 Å². The number of amides is 1. The molecule has 20 heavy (non-hydrogen) atoms. The summed E-state index contributed by atoms with van der Waals surface area (Å²) in [4.78, 5) is 14.3. The lowest BCUT2D eigenvalue weighted by Gasteiger charge is -2.30. The Hall–Kier alpha value is -1.55. The van der Waals surface area contributed by atoms with Crippen LogP contribution in [0.2, 0.25) is 0 Å². The van der Waals surface area contributed by atoms with Gasteiger partial charge in [0, 0.05) is 6.42 Å². The normalized spacial score (nSPS) is 21.4. The molecular formula is C16H22N2O2. The highest BCUT2D eigenvalue weighted by Gasteiger charge is 2.24. The highest BCUT2D eigenvalue weighted by molar-refractivity contribution is 5.95. The molecule has 1 unspecified atom stereocenters. The van der Waals surface area contributed by atoms with Crippen molar-refractivity contribution in [1.29, 1.82) is 0 Å². The Balaban J connectivity index is 1.66. The first-order valence-electron chi connectivity index (χ1n) is 7.48. The van der Waals surface area contributed by atoms with Crippen LogP contribution in [0.25, 0.3) is 0 Å². The van der Waals surface area contributed by atoms with Crippen LogP contribution in [-0.2, 0) is 4.79 Å². The van der Waals surface area contributed by atoms with Gasteiger partial charge in [-0.15, -0.1) is 0 Å². The van der Waals surface area contributed by atoms with Crippen LogP contribution < -0.4 is 15.0 Å². The predicted molar refractivity (Wildman–Crippen MR) is 79.2 cm³/mol. The number of aryl methyl sites for hydroxylation is 1. The van der Waals surface area contributed by atoms with Gasteiger partial charge in [-0.1, -0.05) is 6.07 Å². The van der Waals surface area contributed by atoms with Gasteiger partial charge in [-0.2, -0.15) is 0 Å². The number of nitrogens with zero attached hydrogens (tertiary/aromatic N) is 1. The second kappa shape index (κ2) is 5.83. The molecule has 1 aromatic carbocycles. The number of carbonyl (C=O) groups is 1. The molecule has 3 rings (SSSR count). The number of carbonyl (C=O) groups excluding carboxylic acids is 1. The highest BCUT2D eigenvalue weighted by Crippen LogP contribution is 2.33. The fourth-order valence-corrected chi connectivity index (χ4v) is 3.01. The number of ether oxygens (including phenoxy) is 1. The average Bonchev–Trinajstić information content (AvgIpc) is 2.97. The maximum atomic E-state index is 12.5. The van der Waals surface area contributed by atoms with Crippen molar-refractivity contribution in [3.05, 3.63) is 23.8 Å². The second-order valence-electron chi connectivity index (χ2n) is 5.76. The molecule has 1 saturated heterocycles. The average molecular weight is 274 g/mol. The van der Waals surface area contributed by atoms with Gasteiger partial charge in [0.1, 0.15) is 12.4 Å². The molecule has 2 aliphatic heterocycles. The van der Waals surface area contributed by atoms with E-state index in [0.717, 1.165) is 36.5 Å². The van der Waals surface area contributed by atoms with E-state index < -0.39 is 0 Å². The molecule has 1 N–H and O–H groups in total. The van der Waals surface area contributed by atoms with Gasteiger partial charge in [0.2, 0.25) is 5.91 Å². The monoisotopic (exact) mass is 274 g/mol.